The van der Waals surface area contributed by atoms with Gasteiger partial charge in [-0.05, 0) is 31.4 Å². The van der Waals surface area contributed by atoms with E-state index < -0.39 is 6.10 Å². The van der Waals surface area contributed by atoms with Crippen molar-refractivity contribution in [3.63, 3.8) is 0 Å². The monoisotopic (exact) mass is 317 g/mol. The SMILES string of the molecule is CN1CCN(C(=O)CN2CCCCC(O)C2=O)c2ccccc21. The number of para-hydroxylation sites is 2. The molecule has 0 saturated carbocycles. The van der Waals surface area contributed by atoms with Crippen molar-refractivity contribution in [2.45, 2.75) is 25.4 Å². The zero-order valence-electron chi connectivity index (χ0n) is 13.4. The minimum Gasteiger partial charge on any atom is -0.383 e. The summed E-state index contributed by atoms with van der Waals surface area (Å²) in [5, 5.41) is 9.82. The van der Waals surface area contributed by atoms with Crippen LogP contribution in [-0.2, 0) is 9.59 Å². The van der Waals surface area contributed by atoms with E-state index in [1.807, 2.05) is 31.3 Å². The summed E-state index contributed by atoms with van der Waals surface area (Å²) < 4.78 is 0. The fourth-order valence-electron chi connectivity index (χ4n) is 3.26. The van der Waals surface area contributed by atoms with Crippen molar-refractivity contribution in [1.29, 1.82) is 0 Å². The number of aliphatic hydroxyl groups is 1. The van der Waals surface area contributed by atoms with Crippen LogP contribution >= 0.6 is 0 Å². The van der Waals surface area contributed by atoms with E-state index in [-0.39, 0.29) is 18.4 Å². The number of rotatable bonds is 2. The molecule has 1 unspecified atom stereocenters. The molecule has 6 heteroatoms. The Morgan fingerprint density at radius 2 is 1.91 bits per heavy atom. The van der Waals surface area contributed by atoms with E-state index in [2.05, 4.69) is 4.90 Å². The van der Waals surface area contributed by atoms with Crippen LogP contribution in [0.3, 0.4) is 0 Å². The van der Waals surface area contributed by atoms with Crippen LogP contribution in [0, 0.1) is 0 Å². The maximum absolute atomic E-state index is 12.7. The van der Waals surface area contributed by atoms with Crippen molar-refractivity contribution in [1.82, 2.24) is 4.90 Å². The van der Waals surface area contributed by atoms with E-state index in [0.29, 0.717) is 19.5 Å². The molecule has 3 rings (SSSR count). The Balaban J connectivity index is 1.76. The Labute approximate surface area is 136 Å². The first-order valence-corrected chi connectivity index (χ1v) is 8.15. The number of amides is 2. The zero-order valence-corrected chi connectivity index (χ0v) is 13.4. The molecule has 0 spiro atoms. The van der Waals surface area contributed by atoms with E-state index >= 15 is 0 Å². The highest BCUT2D eigenvalue weighted by atomic mass is 16.3. The van der Waals surface area contributed by atoms with Crippen LogP contribution < -0.4 is 9.80 Å². The number of anilines is 2. The van der Waals surface area contributed by atoms with Gasteiger partial charge in [0.15, 0.2) is 0 Å². The Bertz CT molecular complexity index is 605. The fraction of sp³-hybridized carbons (Fsp3) is 0.529. The molecule has 1 atom stereocenters. The maximum atomic E-state index is 12.7. The van der Waals surface area contributed by atoms with Gasteiger partial charge in [-0.1, -0.05) is 12.1 Å². The molecular weight excluding hydrogens is 294 g/mol. The van der Waals surface area contributed by atoms with Crippen LogP contribution in [0.15, 0.2) is 24.3 Å². The molecule has 1 fully saturated rings. The molecular formula is C17H23N3O3. The van der Waals surface area contributed by atoms with Crippen LogP contribution in [0.1, 0.15) is 19.3 Å². The Kier molecular flexibility index (Phi) is 4.52. The van der Waals surface area contributed by atoms with Crippen LogP contribution in [0.5, 0.6) is 0 Å². The number of hydrogen-bond donors (Lipinski definition) is 1. The number of nitrogens with zero attached hydrogens (tertiary/aromatic N) is 3. The van der Waals surface area contributed by atoms with Crippen molar-refractivity contribution >= 4 is 23.2 Å². The molecule has 1 aromatic carbocycles. The highest BCUT2D eigenvalue weighted by Gasteiger charge is 2.30. The van der Waals surface area contributed by atoms with Crippen LogP contribution in [0.4, 0.5) is 11.4 Å². The lowest BCUT2D eigenvalue weighted by atomic mass is 10.1. The Morgan fingerprint density at radius 1 is 1.17 bits per heavy atom. The lowest BCUT2D eigenvalue weighted by Gasteiger charge is -2.36. The second-order valence-corrected chi connectivity index (χ2v) is 6.23. The molecule has 2 amide bonds. The summed E-state index contributed by atoms with van der Waals surface area (Å²) >= 11 is 0. The molecule has 2 heterocycles. The van der Waals surface area contributed by atoms with Crippen molar-refractivity contribution in [2.24, 2.45) is 0 Å². The molecule has 124 valence electrons. The maximum Gasteiger partial charge on any atom is 0.251 e. The van der Waals surface area contributed by atoms with Crippen molar-refractivity contribution < 1.29 is 14.7 Å². The lowest BCUT2D eigenvalue weighted by molar-refractivity contribution is -0.142. The standard InChI is InChI=1S/C17H23N3O3/c1-18-10-11-20(14-7-3-2-6-13(14)18)16(22)12-19-9-5-4-8-15(21)17(19)23/h2-3,6-7,15,21H,4-5,8-12H2,1H3. The van der Waals surface area contributed by atoms with E-state index in [1.54, 1.807) is 4.90 Å². The van der Waals surface area contributed by atoms with Crippen molar-refractivity contribution in [2.75, 3.05) is 43.0 Å². The first-order valence-electron chi connectivity index (χ1n) is 8.15. The number of benzene rings is 1. The van der Waals surface area contributed by atoms with E-state index in [1.165, 1.54) is 4.90 Å². The second kappa shape index (κ2) is 6.58. The third kappa shape index (κ3) is 3.17. The van der Waals surface area contributed by atoms with Gasteiger partial charge in [-0.3, -0.25) is 9.59 Å². The molecule has 23 heavy (non-hydrogen) atoms. The molecule has 0 radical (unpaired) electrons. The van der Waals surface area contributed by atoms with Crippen LogP contribution in [0.2, 0.25) is 0 Å². The summed E-state index contributed by atoms with van der Waals surface area (Å²) in [7, 11) is 2.01. The van der Waals surface area contributed by atoms with Gasteiger partial charge in [0.25, 0.3) is 5.91 Å². The third-order valence-corrected chi connectivity index (χ3v) is 4.62. The largest absolute Gasteiger partial charge is 0.383 e. The zero-order chi connectivity index (χ0) is 16.4. The molecule has 2 aliphatic heterocycles. The number of likely N-dealkylation sites (N-methyl/N-ethyl adjacent to an activating group) is 1. The summed E-state index contributed by atoms with van der Waals surface area (Å²) in [6.45, 7) is 1.95. The lowest BCUT2D eigenvalue weighted by Crippen LogP contribution is -2.49. The fourth-order valence-corrected chi connectivity index (χ4v) is 3.26. The molecule has 6 nitrogen and oxygen atoms in total. The van der Waals surface area contributed by atoms with Gasteiger partial charge in [-0.2, -0.15) is 0 Å². The Hall–Kier alpha value is -2.08. The number of aliphatic hydroxyl groups excluding tert-OH is 1. The number of hydrogen-bond acceptors (Lipinski definition) is 4. The van der Waals surface area contributed by atoms with Crippen LogP contribution in [0.25, 0.3) is 0 Å². The minimum atomic E-state index is -0.968. The smallest absolute Gasteiger partial charge is 0.251 e. The quantitative estimate of drug-likeness (QED) is 0.878. The molecule has 0 aliphatic carbocycles. The van der Waals surface area contributed by atoms with Gasteiger partial charge in [0.1, 0.15) is 12.6 Å². The first-order chi connectivity index (χ1) is 11.1. The minimum absolute atomic E-state index is 0.0357. The summed E-state index contributed by atoms with van der Waals surface area (Å²) in [6.07, 6.45) is 1.16. The molecule has 2 aliphatic rings. The number of fused-ring (bicyclic) bond motifs is 1. The van der Waals surface area contributed by atoms with E-state index in [4.69, 9.17) is 0 Å². The third-order valence-electron chi connectivity index (χ3n) is 4.62. The highest BCUT2D eigenvalue weighted by Crippen LogP contribution is 2.31. The average molecular weight is 317 g/mol. The van der Waals surface area contributed by atoms with Gasteiger partial charge < -0.3 is 19.8 Å². The van der Waals surface area contributed by atoms with E-state index in [0.717, 1.165) is 30.8 Å². The molecule has 0 bridgehead atoms. The Morgan fingerprint density at radius 3 is 2.70 bits per heavy atom. The molecule has 1 N–H and O–H groups in total. The van der Waals surface area contributed by atoms with Crippen molar-refractivity contribution in [3.8, 4) is 0 Å². The van der Waals surface area contributed by atoms with Gasteiger partial charge in [-0.15, -0.1) is 0 Å². The number of carbonyl (C=O) groups is 2. The number of carbonyl (C=O) groups excluding carboxylic acids is 2. The predicted octanol–water partition coefficient (Wildman–Crippen LogP) is 0.843. The van der Waals surface area contributed by atoms with Gasteiger partial charge in [0, 0.05) is 26.7 Å². The van der Waals surface area contributed by atoms with Gasteiger partial charge in [0.05, 0.1) is 11.4 Å². The summed E-state index contributed by atoms with van der Waals surface area (Å²) in [6, 6.07) is 7.80. The topological polar surface area (TPSA) is 64.1 Å². The summed E-state index contributed by atoms with van der Waals surface area (Å²) in [5.41, 5.74) is 1.91. The number of likely N-dealkylation sites (tertiary alicyclic amines) is 1. The van der Waals surface area contributed by atoms with Gasteiger partial charge >= 0.3 is 0 Å². The van der Waals surface area contributed by atoms with Gasteiger partial charge in [-0.25, -0.2) is 0 Å². The normalized spacial score (nSPS) is 21.9. The highest BCUT2D eigenvalue weighted by molar-refractivity contribution is 6.00. The van der Waals surface area contributed by atoms with Crippen molar-refractivity contribution in [3.05, 3.63) is 24.3 Å². The van der Waals surface area contributed by atoms with Crippen LogP contribution in [-0.4, -0.2) is 61.2 Å². The average Bonchev–Trinajstić information content (AvgIpc) is 2.71. The summed E-state index contributed by atoms with van der Waals surface area (Å²) in [5.74, 6) is -0.411. The first kappa shape index (κ1) is 15.8. The molecule has 0 aromatic heterocycles. The second-order valence-electron chi connectivity index (χ2n) is 6.23. The van der Waals surface area contributed by atoms with Gasteiger partial charge in [0.2, 0.25) is 5.91 Å². The molecule has 1 saturated heterocycles. The predicted molar refractivity (Wildman–Crippen MR) is 88.5 cm³/mol. The van der Waals surface area contributed by atoms with E-state index in [9.17, 15) is 14.7 Å². The summed E-state index contributed by atoms with van der Waals surface area (Å²) in [4.78, 5) is 30.3. The molecule has 1 aromatic rings.